The van der Waals surface area contributed by atoms with Crippen LogP contribution in [0.2, 0.25) is 0 Å². The number of carbonyl (C=O) groups is 3. The number of ether oxygens (including phenoxy) is 1. The maximum Gasteiger partial charge on any atom is 0.321 e. The summed E-state index contributed by atoms with van der Waals surface area (Å²) in [6.45, 7) is 3.59. The van der Waals surface area contributed by atoms with Crippen LogP contribution in [0.3, 0.4) is 0 Å². The topological polar surface area (TPSA) is 79.0 Å². The van der Waals surface area contributed by atoms with Crippen LogP contribution in [0, 0.1) is 5.92 Å². The van der Waals surface area contributed by atoms with Gasteiger partial charge in [-0.2, -0.15) is 0 Å². The molecule has 3 rings (SSSR count). The van der Waals surface area contributed by atoms with E-state index in [9.17, 15) is 14.4 Å². The first-order valence-corrected chi connectivity index (χ1v) is 10.1. The number of likely N-dealkylation sites (tertiary alicyclic amines) is 2. The van der Waals surface area contributed by atoms with Gasteiger partial charge in [0.2, 0.25) is 0 Å². The lowest BCUT2D eigenvalue weighted by Crippen LogP contribution is -2.45. The summed E-state index contributed by atoms with van der Waals surface area (Å²) in [6.07, 6.45) is 4.25. The highest BCUT2D eigenvalue weighted by atomic mass is 16.5. The molecule has 0 spiro atoms. The molecule has 1 atom stereocenters. The zero-order valence-electron chi connectivity index (χ0n) is 16.4. The zero-order valence-corrected chi connectivity index (χ0v) is 16.4. The number of nitrogens with one attached hydrogen (secondary N) is 1. The van der Waals surface area contributed by atoms with Gasteiger partial charge in [-0.1, -0.05) is 18.2 Å². The molecular weight excluding hydrogens is 358 g/mol. The maximum atomic E-state index is 12.3. The van der Waals surface area contributed by atoms with E-state index in [-0.39, 0.29) is 36.5 Å². The normalized spacial score (nSPS) is 20.5. The average Bonchev–Trinajstić information content (AvgIpc) is 2.73. The minimum atomic E-state index is -0.332. The molecule has 1 aromatic rings. The van der Waals surface area contributed by atoms with Gasteiger partial charge in [0.05, 0.1) is 5.92 Å². The Morgan fingerprint density at radius 1 is 1.04 bits per heavy atom. The van der Waals surface area contributed by atoms with Gasteiger partial charge in [0.1, 0.15) is 0 Å². The number of urea groups is 1. The lowest BCUT2D eigenvalue weighted by molar-refractivity contribution is -0.157. The smallest absolute Gasteiger partial charge is 0.321 e. The Morgan fingerprint density at radius 3 is 2.43 bits per heavy atom. The molecule has 7 heteroatoms. The number of rotatable bonds is 4. The molecule has 28 heavy (non-hydrogen) atoms. The van der Waals surface area contributed by atoms with Crippen molar-refractivity contribution in [2.24, 2.45) is 5.92 Å². The first-order valence-electron chi connectivity index (χ1n) is 10.1. The van der Waals surface area contributed by atoms with Crippen LogP contribution < -0.4 is 5.32 Å². The van der Waals surface area contributed by atoms with E-state index < -0.39 is 0 Å². The van der Waals surface area contributed by atoms with Gasteiger partial charge in [-0.15, -0.1) is 0 Å². The van der Waals surface area contributed by atoms with Crippen molar-refractivity contribution in [2.75, 3.05) is 31.6 Å². The van der Waals surface area contributed by atoms with Gasteiger partial charge < -0.3 is 19.9 Å². The molecule has 1 N–H and O–H groups in total. The molecule has 0 aliphatic carbocycles. The van der Waals surface area contributed by atoms with Crippen LogP contribution >= 0.6 is 0 Å². The van der Waals surface area contributed by atoms with Gasteiger partial charge in [0.25, 0.3) is 5.91 Å². The molecule has 2 fully saturated rings. The number of hydrogen-bond donors (Lipinski definition) is 1. The van der Waals surface area contributed by atoms with Gasteiger partial charge in [0, 0.05) is 31.4 Å². The number of para-hydroxylation sites is 1. The molecular formula is C21H29N3O4. The molecule has 2 aliphatic rings. The van der Waals surface area contributed by atoms with Crippen molar-refractivity contribution in [3.05, 3.63) is 30.3 Å². The Hall–Kier alpha value is -2.57. The fourth-order valence-electron chi connectivity index (χ4n) is 3.84. The van der Waals surface area contributed by atoms with E-state index in [1.54, 1.807) is 4.90 Å². The van der Waals surface area contributed by atoms with E-state index in [2.05, 4.69) is 5.32 Å². The second kappa shape index (κ2) is 9.57. The Labute approximate surface area is 166 Å². The zero-order chi connectivity index (χ0) is 19.9. The number of piperidine rings is 2. The lowest BCUT2D eigenvalue weighted by atomic mass is 9.97. The molecule has 3 amide bonds. The fourth-order valence-corrected chi connectivity index (χ4v) is 3.84. The number of amides is 3. The molecule has 2 heterocycles. The molecule has 1 aromatic carbocycles. The second-order valence-corrected chi connectivity index (χ2v) is 7.60. The summed E-state index contributed by atoms with van der Waals surface area (Å²) in [7, 11) is 0. The van der Waals surface area contributed by atoms with Crippen molar-refractivity contribution in [3.8, 4) is 0 Å². The van der Waals surface area contributed by atoms with Crippen LogP contribution in [0.5, 0.6) is 0 Å². The van der Waals surface area contributed by atoms with E-state index in [0.717, 1.165) is 31.5 Å². The van der Waals surface area contributed by atoms with Crippen molar-refractivity contribution < 1.29 is 19.1 Å². The number of nitrogens with zero attached hydrogens (tertiary/aromatic N) is 2. The van der Waals surface area contributed by atoms with Crippen molar-refractivity contribution >= 4 is 23.6 Å². The van der Waals surface area contributed by atoms with E-state index >= 15 is 0 Å². The van der Waals surface area contributed by atoms with Crippen LogP contribution in [-0.2, 0) is 14.3 Å². The first kappa shape index (κ1) is 20.2. The highest BCUT2D eigenvalue weighted by Crippen LogP contribution is 2.20. The maximum absolute atomic E-state index is 12.3. The van der Waals surface area contributed by atoms with Crippen LogP contribution in [0.1, 0.15) is 39.0 Å². The molecule has 2 aliphatic heterocycles. The summed E-state index contributed by atoms with van der Waals surface area (Å²) < 4.78 is 5.29. The van der Waals surface area contributed by atoms with Crippen LogP contribution in [0.15, 0.2) is 30.3 Å². The molecule has 152 valence electrons. The summed E-state index contributed by atoms with van der Waals surface area (Å²) in [4.78, 5) is 40.5. The largest absolute Gasteiger partial charge is 0.455 e. The third-order valence-electron chi connectivity index (χ3n) is 5.60. The van der Waals surface area contributed by atoms with Gasteiger partial charge in [-0.3, -0.25) is 9.59 Å². The Kier molecular flexibility index (Phi) is 6.90. The number of carbonyl (C=O) groups excluding carboxylic acids is 3. The van der Waals surface area contributed by atoms with E-state index in [0.29, 0.717) is 25.9 Å². The van der Waals surface area contributed by atoms with Crippen molar-refractivity contribution in [2.45, 2.75) is 45.1 Å². The van der Waals surface area contributed by atoms with Crippen molar-refractivity contribution in [1.82, 2.24) is 9.80 Å². The van der Waals surface area contributed by atoms with Gasteiger partial charge in [-0.05, 0) is 51.2 Å². The molecule has 7 nitrogen and oxygen atoms in total. The number of anilines is 1. The SMILES string of the molecule is C[C@@H]1CCCCN1C(=O)COC(=O)C1CCN(C(=O)Nc2ccccc2)CC1. The summed E-state index contributed by atoms with van der Waals surface area (Å²) in [5, 5.41) is 2.86. The minimum absolute atomic E-state index is 0.111. The Bertz CT molecular complexity index is 686. The van der Waals surface area contributed by atoms with Crippen molar-refractivity contribution in [1.29, 1.82) is 0 Å². The van der Waals surface area contributed by atoms with Crippen molar-refractivity contribution in [3.63, 3.8) is 0 Å². The van der Waals surface area contributed by atoms with Crippen LogP contribution in [0.25, 0.3) is 0 Å². The van der Waals surface area contributed by atoms with E-state index in [1.165, 1.54) is 0 Å². The monoisotopic (exact) mass is 387 g/mol. The van der Waals surface area contributed by atoms with Gasteiger partial charge in [-0.25, -0.2) is 4.79 Å². The first-order chi connectivity index (χ1) is 13.5. The third-order valence-corrected chi connectivity index (χ3v) is 5.60. The molecule has 2 saturated heterocycles. The molecule has 0 saturated carbocycles. The predicted molar refractivity (Wildman–Crippen MR) is 106 cm³/mol. The molecule has 0 unspecified atom stereocenters. The van der Waals surface area contributed by atoms with E-state index in [4.69, 9.17) is 4.74 Å². The highest BCUT2D eigenvalue weighted by Gasteiger charge is 2.30. The summed E-state index contributed by atoms with van der Waals surface area (Å²) >= 11 is 0. The minimum Gasteiger partial charge on any atom is -0.455 e. The average molecular weight is 387 g/mol. The summed E-state index contributed by atoms with van der Waals surface area (Å²) in [5.41, 5.74) is 0.750. The number of hydrogen-bond acceptors (Lipinski definition) is 4. The molecule has 0 radical (unpaired) electrons. The lowest BCUT2D eigenvalue weighted by Gasteiger charge is -2.33. The fraction of sp³-hybridized carbons (Fsp3) is 0.571. The van der Waals surface area contributed by atoms with Gasteiger partial charge in [0.15, 0.2) is 6.61 Å². The second-order valence-electron chi connectivity index (χ2n) is 7.60. The Morgan fingerprint density at radius 2 is 1.75 bits per heavy atom. The van der Waals surface area contributed by atoms with Gasteiger partial charge >= 0.3 is 12.0 Å². The highest BCUT2D eigenvalue weighted by molar-refractivity contribution is 5.89. The Balaban J connectivity index is 1.40. The number of benzene rings is 1. The summed E-state index contributed by atoms with van der Waals surface area (Å²) in [5.74, 6) is -0.700. The third kappa shape index (κ3) is 5.24. The van der Waals surface area contributed by atoms with Crippen LogP contribution in [-0.4, -0.2) is 60.0 Å². The quantitative estimate of drug-likeness (QED) is 0.806. The molecule has 0 bridgehead atoms. The number of esters is 1. The van der Waals surface area contributed by atoms with E-state index in [1.807, 2.05) is 42.2 Å². The standard InChI is InChI=1S/C21H29N3O4/c1-16-7-5-6-12-24(16)19(25)15-28-20(26)17-10-13-23(14-11-17)21(27)22-18-8-3-2-4-9-18/h2-4,8-9,16-17H,5-7,10-15H2,1H3,(H,22,27)/t16-/m1/s1. The predicted octanol–water partition coefficient (Wildman–Crippen LogP) is 2.87. The molecule has 0 aromatic heterocycles. The van der Waals surface area contributed by atoms with Crippen LogP contribution in [0.4, 0.5) is 10.5 Å². The summed E-state index contributed by atoms with van der Waals surface area (Å²) in [6, 6.07) is 9.35.